The maximum atomic E-state index is 13.0. The van der Waals surface area contributed by atoms with Crippen LogP contribution in [0.4, 0.5) is 0 Å². The molecule has 9 heteroatoms. The summed E-state index contributed by atoms with van der Waals surface area (Å²) in [4.78, 5) is 49.9. The molecule has 2 N–H and O–H groups in total. The molecule has 0 radical (unpaired) electrons. The van der Waals surface area contributed by atoms with Crippen LogP contribution in [0.15, 0.2) is 30.3 Å². The minimum Gasteiger partial charge on any atom is -0.464 e. The van der Waals surface area contributed by atoms with Crippen molar-refractivity contribution in [2.45, 2.75) is 71.9 Å². The molecule has 1 rings (SSSR count). The number of thioether (sulfide) groups is 1. The average Bonchev–Trinajstić information content (AvgIpc) is 2.70. The number of ether oxygens (including phenoxy) is 2. The van der Waals surface area contributed by atoms with Gasteiger partial charge in [-0.05, 0) is 31.7 Å². The second-order valence-electron chi connectivity index (χ2n) is 9.25. The van der Waals surface area contributed by atoms with Crippen molar-refractivity contribution in [1.82, 2.24) is 10.6 Å². The van der Waals surface area contributed by atoms with E-state index in [1.807, 2.05) is 51.1 Å². The summed E-state index contributed by atoms with van der Waals surface area (Å²) in [6.45, 7) is 12.0. The van der Waals surface area contributed by atoms with Crippen LogP contribution in [0.2, 0.25) is 0 Å². The molecule has 0 aliphatic heterocycles. The lowest BCUT2D eigenvalue weighted by molar-refractivity contribution is -0.150. The van der Waals surface area contributed by atoms with E-state index in [-0.39, 0.29) is 24.9 Å². The van der Waals surface area contributed by atoms with Crippen molar-refractivity contribution in [2.75, 3.05) is 13.2 Å². The number of esters is 1. The van der Waals surface area contributed by atoms with E-state index in [4.69, 9.17) is 9.47 Å². The fourth-order valence-electron chi connectivity index (χ4n) is 2.84. The van der Waals surface area contributed by atoms with Crippen LogP contribution >= 0.6 is 11.8 Å². The van der Waals surface area contributed by atoms with Gasteiger partial charge in [-0.2, -0.15) is 0 Å². The highest BCUT2D eigenvalue weighted by Gasteiger charge is 2.39. The molecule has 8 nitrogen and oxygen atoms in total. The van der Waals surface area contributed by atoms with Gasteiger partial charge in [0, 0.05) is 6.92 Å². The molecule has 0 aliphatic carbocycles. The number of amides is 2. The lowest BCUT2D eigenvalue weighted by Crippen LogP contribution is -2.60. The number of carbonyl (C=O) groups is 4. The number of rotatable bonds is 11. The zero-order chi connectivity index (χ0) is 25.2. The minimum atomic E-state index is -1.35. The molecule has 0 heterocycles. The lowest BCUT2D eigenvalue weighted by atomic mass is 9.90. The maximum absolute atomic E-state index is 13.0. The molecule has 0 unspecified atom stereocenters. The Kier molecular flexibility index (Phi) is 11.1. The van der Waals surface area contributed by atoms with E-state index in [1.165, 1.54) is 20.8 Å². The van der Waals surface area contributed by atoms with Gasteiger partial charge in [-0.25, -0.2) is 4.79 Å². The fraction of sp³-hybridized carbons (Fsp3) is 0.583. The highest BCUT2D eigenvalue weighted by atomic mass is 32.2. The molecule has 0 aromatic heterocycles. The molecule has 1 aromatic carbocycles. The SMILES string of the molecule is CCOC(=O)[C@H](COCc1ccccc1)NC(=O)C(C)(C)NC(=O)[C@@H](SC(C)=O)C(C)(C)C. The van der Waals surface area contributed by atoms with Gasteiger partial charge in [-0.15, -0.1) is 0 Å². The molecule has 0 saturated heterocycles. The van der Waals surface area contributed by atoms with Gasteiger partial charge < -0.3 is 20.1 Å². The molecule has 33 heavy (non-hydrogen) atoms. The van der Waals surface area contributed by atoms with Gasteiger partial charge in [-0.1, -0.05) is 62.9 Å². The van der Waals surface area contributed by atoms with Crippen LogP contribution < -0.4 is 10.6 Å². The summed E-state index contributed by atoms with van der Waals surface area (Å²) in [5, 5.41) is 4.46. The number of carbonyl (C=O) groups excluding carboxylic acids is 4. The maximum Gasteiger partial charge on any atom is 0.331 e. The number of nitrogens with one attached hydrogen (secondary N) is 2. The highest BCUT2D eigenvalue weighted by Crippen LogP contribution is 2.31. The zero-order valence-corrected chi connectivity index (χ0v) is 21.3. The van der Waals surface area contributed by atoms with E-state index in [1.54, 1.807) is 6.92 Å². The topological polar surface area (TPSA) is 111 Å². The van der Waals surface area contributed by atoms with Gasteiger partial charge in [0.1, 0.15) is 5.54 Å². The van der Waals surface area contributed by atoms with Crippen molar-refractivity contribution in [1.29, 1.82) is 0 Å². The van der Waals surface area contributed by atoms with Crippen molar-refractivity contribution in [2.24, 2.45) is 5.41 Å². The number of benzene rings is 1. The first-order valence-electron chi connectivity index (χ1n) is 10.9. The normalized spacial score (nSPS) is 13.5. The van der Waals surface area contributed by atoms with E-state index in [0.717, 1.165) is 17.3 Å². The first-order chi connectivity index (χ1) is 15.3. The van der Waals surface area contributed by atoms with Gasteiger partial charge in [0.15, 0.2) is 11.2 Å². The number of hydrogen-bond donors (Lipinski definition) is 2. The van der Waals surface area contributed by atoms with Crippen LogP contribution in [0.5, 0.6) is 0 Å². The lowest BCUT2D eigenvalue weighted by Gasteiger charge is -2.33. The van der Waals surface area contributed by atoms with E-state index >= 15 is 0 Å². The summed E-state index contributed by atoms with van der Waals surface area (Å²) >= 11 is 0.925. The third kappa shape index (κ3) is 9.96. The van der Waals surface area contributed by atoms with Crippen molar-refractivity contribution >= 4 is 34.7 Å². The van der Waals surface area contributed by atoms with Gasteiger partial charge in [0.25, 0.3) is 0 Å². The van der Waals surface area contributed by atoms with Crippen LogP contribution in [-0.2, 0) is 35.3 Å². The Morgan fingerprint density at radius 3 is 2.15 bits per heavy atom. The van der Waals surface area contributed by atoms with Gasteiger partial charge >= 0.3 is 5.97 Å². The van der Waals surface area contributed by atoms with Gasteiger partial charge in [0.05, 0.1) is 25.1 Å². The summed E-state index contributed by atoms with van der Waals surface area (Å²) in [5.41, 5.74) is -0.927. The van der Waals surface area contributed by atoms with Crippen LogP contribution in [0.25, 0.3) is 0 Å². The summed E-state index contributed by atoms with van der Waals surface area (Å²) in [5.74, 6) is -1.63. The van der Waals surface area contributed by atoms with Crippen LogP contribution in [-0.4, -0.2) is 52.9 Å². The van der Waals surface area contributed by atoms with E-state index in [2.05, 4.69) is 10.6 Å². The zero-order valence-electron chi connectivity index (χ0n) is 20.5. The molecule has 0 bridgehead atoms. The van der Waals surface area contributed by atoms with Crippen LogP contribution in [0.1, 0.15) is 54.0 Å². The summed E-state index contributed by atoms with van der Waals surface area (Å²) in [6.07, 6.45) is 0. The van der Waals surface area contributed by atoms with Crippen LogP contribution in [0.3, 0.4) is 0 Å². The summed E-state index contributed by atoms with van der Waals surface area (Å²) in [6, 6.07) is 8.39. The Morgan fingerprint density at radius 1 is 1.03 bits per heavy atom. The standard InChI is InChI=1S/C24H36N2O6S/c1-8-32-21(29)18(15-31-14-17-12-10-9-11-13-17)25-22(30)24(6,7)26-20(28)19(23(3,4)5)33-16(2)27/h9-13,18-19H,8,14-15H2,1-7H3,(H,25,30)(H,26,28)/t18-,19+/m0/s1. The Bertz CT molecular complexity index is 820. The molecule has 0 spiro atoms. The van der Waals surface area contributed by atoms with E-state index < -0.39 is 40.0 Å². The molecule has 0 saturated carbocycles. The second-order valence-corrected chi connectivity index (χ2v) is 10.5. The molecule has 0 aliphatic rings. The molecular formula is C24H36N2O6S. The smallest absolute Gasteiger partial charge is 0.331 e. The number of hydrogen-bond acceptors (Lipinski definition) is 7. The van der Waals surface area contributed by atoms with Crippen molar-refractivity contribution in [3.05, 3.63) is 35.9 Å². The Labute approximate surface area is 200 Å². The molecule has 0 fully saturated rings. The van der Waals surface area contributed by atoms with Crippen molar-refractivity contribution in [3.8, 4) is 0 Å². The Balaban J connectivity index is 2.86. The van der Waals surface area contributed by atoms with Crippen LogP contribution in [0, 0.1) is 5.41 Å². The first-order valence-corrected chi connectivity index (χ1v) is 11.7. The van der Waals surface area contributed by atoms with Gasteiger partial charge in [0.2, 0.25) is 11.8 Å². The highest BCUT2D eigenvalue weighted by molar-refractivity contribution is 8.14. The van der Waals surface area contributed by atoms with Crippen molar-refractivity contribution < 1.29 is 28.7 Å². The molecule has 2 amide bonds. The van der Waals surface area contributed by atoms with E-state index in [0.29, 0.717) is 0 Å². The summed E-state index contributed by atoms with van der Waals surface area (Å²) in [7, 11) is 0. The first kappa shape index (κ1) is 28.6. The molecule has 1 aromatic rings. The van der Waals surface area contributed by atoms with E-state index in [9.17, 15) is 19.2 Å². The molecule has 2 atom stereocenters. The van der Waals surface area contributed by atoms with Crippen molar-refractivity contribution in [3.63, 3.8) is 0 Å². The quantitative estimate of drug-likeness (QED) is 0.469. The fourth-order valence-corrected chi connectivity index (χ4v) is 3.69. The Hall–Kier alpha value is -2.39. The predicted molar refractivity (Wildman–Crippen MR) is 128 cm³/mol. The molecule has 184 valence electrons. The minimum absolute atomic E-state index is 0.0890. The summed E-state index contributed by atoms with van der Waals surface area (Å²) < 4.78 is 10.7. The monoisotopic (exact) mass is 480 g/mol. The average molecular weight is 481 g/mol. The van der Waals surface area contributed by atoms with Gasteiger partial charge in [-0.3, -0.25) is 14.4 Å². The Morgan fingerprint density at radius 2 is 1.64 bits per heavy atom. The third-order valence-electron chi connectivity index (χ3n) is 4.58. The second kappa shape index (κ2) is 12.7. The predicted octanol–water partition coefficient (Wildman–Crippen LogP) is 2.84. The largest absolute Gasteiger partial charge is 0.464 e. The molecular weight excluding hydrogens is 444 g/mol. The third-order valence-corrected chi connectivity index (χ3v) is 6.07.